The summed E-state index contributed by atoms with van der Waals surface area (Å²) < 4.78 is 0. The van der Waals surface area contributed by atoms with Crippen molar-refractivity contribution in [3.63, 3.8) is 0 Å². The van der Waals surface area contributed by atoms with Gasteiger partial charge in [-0.25, -0.2) is 9.97 Å². The fraction of sp³-hybridized carbons (Fsp3) is 0.227. The lowest BCUT2D eigenvalue weighted by molar-refractivity contribution is 0.0949. The van der Waals surface area contributed by atoms with E-state index in [0.717, 1.165) is 34.5 Å². The van der Waals surface area contributed by atoms with Crippen LogP contribution < -0.4 is 10.6 Å². The van der Waals surface area contributed by atoms with E-state index >= 15 is 0 Å². The molecule has 0 aliphatic heterocycles. The van der Waals surface area contributed by atoms with E-state index in [1.807, 2.05) is 57.2 Å². The van der Waals surface area contributed by atoms with Gasteiger partial charge in [0.2, 0.25) is 5.95 Å². The normalized spacial score (nSPS) is 10.6. The quantitative estimate of drug-likeness (QED) is 0.631. The molecule has 28 heavy (non-hydrogen) atoms. The molecule has 2 aromatic carbocycles. The molecule has 1 heterocycles. The minimum atomic E-state index is -0.219. The summed E-state index contributed by atoms with van der Waals surface area (Å²) >= 11 is 5.89. The zero-order valence-corrected chi connectivity index (χ0v) is 17.0. The third-order valence-electron chi connectivity index (χ3n) is 4.34. The molecular weight excluding hydrogens is 372 g/mol. The van der Waals surface area contributed by atoms with Crippen LogP contribution in [0.15, 0.2) is 48.5 Å². The molecule has 0 aliphatic carbocycles. The molecule has 0 unspecified atom stereocenters. The van der Waals surface area contributed by atoms with Gasteiger partial charge in [-0.05, 0) is 68.1 Å². The van der Waals surface area contributed by atoms with Crippen LogP contribution in [0, 0.1) is 20.8 Å². The fourth-order valence-electron chi connectivity index (χ4n) is 2.79. The number of nitrogens with one attached hydrogen (secondary N) is 2. The van der Waals surface area contributed by atoms with Crippen molar-refractivity contribution in [1.29, 1.82) is 0 Å². The average molecular weight is 395 g/mol. The molecule has 0 fully saturated rings. The minimum Gasteiger partial charge on any atom is -0.350 e. The third kappa shape index (κ3) is 5.30. The molecule has 5 nitrogen and oxygen atoms in total. The van der Waals surface area contributed by atoms with Gasteiger partial charge in [0.15, 0.2) is 0 Å². The van der Waals surface area contributed by atoms with Crippen molar-refractivity contribution in [3.05, 3.63) is 81.6 Å². The summed E-state index contributed by atoms with van der Waals surface area (Å²) in [6.07, 6.45) is 0.723. The number of anilines is 2. The number of carbonyl (C=O) groups is 1. The smallest absolute Gasteiger partial charge is 0.270 e. The summed E-state index contributed by atoms with van der Waals surface area (Å²) in [5.74, 6) is 0.194. The van der Waals surface area contributed by atoms with E-state index < -0.39 is 0 Å². The first-order chi connectivity index (χ1) is 13.4. The third-order valence-corrected chi connectivity index (χ3v) is 4.59. The molecule has 0 bridgehead atoms. The van der Waals surface area contributed by atoms with E-state index in [-0.39, 0.29) is 5.91 Å². The SMILES string of the molecule is Cc1ccc(C)c(Nc2nc(C)cc(C(=O)NCCc3ccc(Cl)cc3)n2)c1. The predicted molar refractivity (Wildman–Crippen MR) is 113 cm³/mol. The van der Waals surface area contributed by atoms with Crippen LogP contribution in [0.25, 0.3) is 0 Å². The van der Waals surface area contributed by atoms with Crippen molar-refractivity contribution < 1.29 is 4.79 Å². The second-order valence-corrected chi connectivity index (χ2v) is 7.23. The monoisotopic (exact) mass is 394 g/mol. The highest BCUT2D eigenvalue weighted by molar-refractivity contribution is 6.30. The van der Waals surface area contributed by atoms with Crippen LogP contribution in [0.5, 0.6) is 0 Å². The highest BCUT2D eigenvalue weighted by atomic mass is 35.5. The number of benzene rings is 2. The molecule has 3 aromatic rings. The first-order valence-electron chi connectivity index (χ1n) is 9.13. The van der Waals surface area contributed by atoms with Crippen molar-refractivity contribution in [2.45, 2.75) is 27.2 Å². The Kier molecular flexibility index (Phi) is 6.26. The summed E-state index contributed by atoms with van der Waals surface area (Å²) in [7, 11) is 0. The van der Waals surface area contributed by atoms with Crippen molar-refractivity contribution in [2.75, 3.05) is 11.9 Å². The van der Waals surface area contributed by atoms with Crippen LogP contribution in [0.2, 0.25) is 5.02 Å². The number of carbonyl (C=O) groups excluding carboxylic acids is 1. The van der Waals surface area contributed by atoms with Gasteiger partial charge in [0.25, 0.3) is 5.91 Å². The average Bonchev–Trinajstić information content (AvgIpc) is 2.66. The van der Waals surface area contributed by atoms with Gasteiger partial charge in [0.1, 0.15) is 5.69 Å². The Hall–Kier alpha value is -2.92. The van der Waals surface area contributed by atoms with E-state index in [0.29, 0.717) is 23.2 Å². The number of aryl methyl sites for hydroxylation is 3. The zero-order valence-electron chi connectivity index (χ0n) is 16.2. The Balaban J connectivity index is 1.67. The molecule has 2 N–H and O–H groups in total. The number of amides is 1. The Bertz CT molecular complexity index is 986. The minimum absolute atomic E-state index is 0.219. The number of halogens is 1. The lowest BCUT2D eigenvalue weighted by Gasteiger charge is -2.11. The molecule has 0 saturated heterocycles. The Morgan fingerprint density at radius 1 is 1.00 bits per heavy atom. The second kappa shape index (κ2) is 8.85. The maximum Gasteiger partial charge on any atom is 0.270 e. The molecule has 1 aromatic heterocycles. The molecule has 0 radical (unpaired) electrons. The van der Waals surface area contributed by atoms with Crippen molar-refractivity contribution in [3.8, 4) is 0 Å². The zero-order chi connectivity index (χ0) is 20.1. The number of hydrogen-bond donors (Lipinski definition) is 2. The van der Waals surface area contributed by atoms with Gasteiger partial charge in [-0.15, -0.1) is 0 Å². The van der Waals surface area contributed by atoms with Crippen LogP contribution >= 0.6 is 11.6 Å². The maximum atomic E-state index is 12.5. The Morgan fingerprint density at radius 3 is 2.50 bits per heavy atom. The van der Waals surface area contributed by atoms with Gasteiger partial charge >= 0.3 is 0 Å². The standard InChI is InChI=1S/C22H23ClN4O/c1-14-4-5-15(2)19(12-14)26-22-25-16(3)13-20(27-22)21(28)24-11-10-17-6-8-18(23)9-7-17/h4-9,12-13H,10-11H2,1-3H3,(H,24,28)(H,25,26,27). The van der Waals surface area contributed by atoms with Crippen LogP contribution in [0.3, 0.4) is 0 Å². The van der Waals surface area contributed by atoms with Gasteiger partial charge < -0.3 is 10.6 Å². The number of rotatable bonds is 6. The van der Waals surface area contributed by atoms with E-state index in [1.54, 1.807) is 6.07 Å². The molecule has 3 rings (SSSR count). The second-order valence-electron chi connectivity index (χ2n) is 6.79. The van der Waals surface area contributed by atoms with Crippen LogP contribution in [0.4, 0.5) is 11.6 Å². The van der Waals surface area contributed by atoms with Crippen LogP contribution in [0.1, 0.15) is 32.9 Å². The van der Waals surface area contributed by atoms with E-state index in [2.05, 4.69) is 26.7 Å². The molecule has 0 aliphatic rings. The topological polar surface area (TPSA) is 66.9 Å². The van der Waals surface area contributed by atoms with E-state index in [9.17, 15) is 4.79 Å². The number of nitrogens with zero attached hydrogens (tertiary/aromatic N) is 2. The van der Waals surface area contributed by atoms with Crippen molar-refractivity contribution >= 4 is 29.1 Å². The summed E-state index contributed by atoms with van der Waals surface area (Å²) in [4.78, 5) is 21.3. The highest BCUT2D eigenvalue weighted by Gasteiger charge is 2.11. The predicted octanol–water partition coefficient (Wildman–Crippen LogP) is 4.77. The Labute approximate surface area is 170 Å². The van der Waals surface area contributed by atoms with E-state index in [4.69, 9.17) is 11.6 Å². The van der Waals surface area contributed by atoms with Gasteiger partial charge in [-0.1, -0.05) is 35.9 Å². The number of aromatic nitrogens is 2. The van der Waals surface area contributed by atoms with Gasteiger partial charge in [-0.2, -0.15) is 0 Å². The summed E-state index contributed by atoms with van der Waals surface area (Å²) in [6.45, 7) is 6.41. The number of hydrogen-bond acceptors (Lipinski definition) is 4. The molecular formula is C22H23ClN4O. The molecule has 1 amide bonds. The first kappa shape index (κ1) is 19.8. The maximum absolute atomic E-state index is 12.5. The van der Waals surface area contributed by atoms with Gasteiger partial charge in [-0.3, -0.25) is 4.79 Å². The fourth-order valence-corrected chi connectivity index (χ4v) is 2.92. The lowest BCUT2D eigenvalue weighted by Crippen LogP contribution is -2.27. The van der Waals surface area contributed by atoms with Crippen LogP contribution in [-0.2, 0) is 6.42 Å². The first-order valence-corrected chi connectivity index (χ1v) is 9.51. The van der Waals surface area contributed by atoms with Gasteiger partial charge in [0.05, 0.1) is 0 Å². The lowest BCUT2D eigenvalue weighted by atomic mass is 10.1. The molecule has 0 atom stereocenters. The van der Waals surface area contributed by atoms with Gasteiger partial charge in [0, 0.05) is 22.9 Å². The molecule has 144 valence electrons. The van der Waals surface area contributed by atoms with E-state index in [1.165, 1.54) is 0 Å². The molecule has 0 spiro atoms. The van der Waals surface area contributed by atoms with Crippen LogP contribution in [-0.4, -0.2) is 22.4 Å². The summed E-state index contributed by atoms with van der Waals surface area (Å²) in [5.41, 5.74) is 5.34. The summed E-state index contributed by atoms with van der Waals surface area (Å²) in [5, 5.41) is 6.83. The Morgan fingerprint density at radius 2 is 1.75 bits per heavy atom. The molecule has 0 saturated carbocycles. The van der Waals surface area contributed by atoms with Crippen molar-refractivity contribution in [1.82, 2.24) is 15.3 Å². The van der Waals surface area contributed by atoms with Crippen molar-refractivity contribution in [2.24, 2.45) is 0 Å². The summed E-state index contributed by atoms with van der Waals surface area (Å²) in [6, 6.07) is 15.4. The largest absolute Gasteiger partial charge is 0.350 e. The molecule has 6 heteroatoms. The highest BCUT2D eigenvalue weighted by Crippen LogP contribution is 2.20.